The summed E-state index contributed by atoms with van der Waals surface area (Å²) in [4.78, 5) is 37.3. The van der Waals surface area contributed by atoms with E-state index in [-0.39, 0.29) is 69.7 Å². The molecule has 0 atom stereocenters. The molecule has 0 unspecified atom stereocenters. The molecule has 0 aliphatic rings. The van der Waals surface area contributed by atoms with Crippen LogP contribution in [0.3, 0.4) is 0 Å². The molecule has 0 N–H and O–H groups in total. The first-order valence-corrected chi connectivity index (χ1v) is 4.38. The van der Waals surface area contributed by atoms with Gasteiger partial charge in [-0.3, -0.25) is 0 Å². The molecule has 0 aliphatic carbocycles. The number of phosphoric acid groups is 2. The molecule has 0 bridgehead atoms. The van der Waals surface area contributed by atoms with E-state index in [1.807, 2.05) is 0 Å². The summed E-state index contributed by atoms with van der Waals surface area (Å²) in [6.07, 6.45) is 0. The van der Waals surface area contributed by atoms with Crippen molar-refractivity contribution in [2.45, 2.75) is 0 Å². The van der Waals surface area contributed by atoms with E-state index in [0.29, 0.717) is 0 Å². The van der Waals surface area contributed by atoms with Crippen LogP contribution in [-0.4, -0.2) is 23.1 Å². The third kappa shape index (κ3) is 22.9. The zero-order valence-corrected chi connectivity index (χ0v) is 12.1. The Hall–Kier alpha value is 2.55. The van der Waals surface area contributed by atoms with Crippen molar-refractivity contribution in [1.82, 2.24) is 0 Å². The molecule has 0 amide bonds. The van der Waals surface area contributed by atoms with Gasteiger partial charge >= 0.3 is 69.7 Å². The Bertz CT molecular complexity index is 162. The van der Waals surface area contributed by atoms with Gasteiger partial charge in [0.25, 0.3) is 0 Å². The van der Waals surface area contributed by atoms with Gasteiger partial charge < -0.3 is 33.0 Å². The topological polar surface area (TPSA) is 136 Å². The quantitative estimate of drug-likeness (QED) is 0.361. The zero-order valence-electron chi connectivity index (χ0n) is 5.81. The second kappa shape index (κ2) is 8.82. The van der Waals surface area contributed by atoms with Crippen LogP contribution < -0.4 is 49.1 Å². The SMILES string of the molecule is O=P([O-])([O-])OP(=O)([O-])[O-].[Fe+2].[Mg+2].[Na+]. The minimum Gasteiger partial charge on any atom is -0.790 e. The van der Waals surface area contributed by atoms with Crippen LogP contribution in [0.4, 0.5) is 0 Å². The summed E-state index contributed by atoms with van der Waals surface area (Å²) >= 11 is 0. The maximum absolute atomic E-state index is 9.32. The molecule has 0 aromatic carbocycles. The van der Waals surface area contributed by atoms with Gasteiger partial charge in [0, 0.05) is 0 Å². The van der Waals surface area contributed by atoms with Crippen molar-refractivity contribution in [2.24, 2.45) is 0 Å². The summed E-state index contributed by atoms with van der Waals surface area (Å²) in [7, 11) is -11.4. The molecule has 0 aliphatic heterocycles. The van der Waals surface area contributed by atoms with Crippen LogP contribution in [0.1, 0.15) is 0 Å². The van der Waals surface area contributed by atoms with E-state index in [2.05, 4.69) is 4.31 Å². The number of rotatable bonds is 2. The van der Waals surface area contributed by atoms with Gasteiger partial charge in [0.2, 0.25) is 0 Å². The Morgan fingerprint density at radius 2 is 1.08 bits per heavy atom. The third-order valence-corrected chi connectivity index (χ3v) is 1.80. The second-order valence-electron chi connectivity index (χ2n) is 0.976. The Labute approximate surface area is 117 Å². The van der Waals surface area contributed by atoms with E-state index in [4.69, 9.17) is 0 Å². The first-order valence-electron chi connectivity index (χ1n) is 1.46. The number of hydrogen-bond donors (Lipinski definition) is 0. The fourth-order valence-electron chi connectivity index (χ4n) is 0.122. The molecular weight excluding hydrogens is 277 g/mol. The maximum Gasteiger partial charge on any atom is 2.00 e. The summed E-state index contributed by atoms with van der Waals surface area (Å²) in [6.45, 7) is 0. The Kier molecular flexibility index (Phi) is 17.6. The van der Waals surface area contributed by atoms with Crippen LogP contribution in [0.2, 0.25) is 0 Å². The van der Waals surface area contributed by atoms with E-state index in [0.717, 1.165) is 0 Å². The van der Waals surface area contributed by atoms with Crippen LogP contribution in [0, 0.1) is 0 Å². The normalized spacial score (nSPS) is 10.3. The maximum atomic E-state index is 9.32. The molecule has 0 radical (unpaired) electrons. The molecule has 0 heterocycles. The van der Waals surface area contributed by atoms with Gasteiger partial charge in [0.15, 0.2) is 0 Å². The van der Waals surface area contributed by atoms with Crippen molar-refractivity contribution < 1.29 is 79.6 Å². The van der Waals surface area contributed by atoms with Crippen molar-refractivity contribution >= 4 is 38.7 Å². The summed E-state index contributed by atoms with van der Waals surface area (Å²) in [5.74, 6) is 0. The Morgan fingerprint density at radius 1 is 0.917 bits per heavy atom. The average molecular weight is 277 g/mol. The minimum atomic E-state index is -5.68. The molecule has 0 saturated heterocycles. The smallest absolute Gasteiger partial charge is 0.790 e. The van der Waals surface area contributed by atoms with Crippen LogP contribution in [0.15, 0.2) is 0 Å². The van der Waals surface area contributed by atoms with E-state index in [1.165, 1.54) is 0 Å². The van der Waals surface area contributed by atoms with Crippen LogP contribution in [-0.2, 0) is 30.5 Å². The minimum absolute atomic E-state index is 0. The predicted octanol–water partition coefficient (Wildman–Crippen LogP) is -6.72. The average Bonchev–Trinajstić information content (AvgIpc) is 1.14. The van der Waals surface area contributed by atoms with E-state index < -0.39 is 15.6 Å². The van der Waals surface area contributed by atoms with E-state index in [1.54, 1.807) is 0 Å². The molecular formula is FeMgNaO7P2+. The molecule has 0 aromatic rings. The van der Waals surface area contributed by atoms with Gasteiger partial charge in [-0.15, -0.1) is 0 Å². The molecule has 0 saturated carbocycles. The van der Waals surface area contributed by atoms with E-state index >= 15 is 0 Å². The molecule has 0 rings (SSSR count). The molecule has 7 nitrogen and oxygen atoms in total. The molecule has 12 heteroatoms. The fourth-order valence-corrected chi connectivity index (χ4v) is 1.10. The summed E-state index contributed by atoms with van der Waals surface area (Å²) in [6, 6.07) is 0. The molecule has 0 spiro atoms. The van der Waals surface area contributed by atoms with Crippen LogP contribution in [0.25, 0.3) is 0 Å². The molecule has 0 fully saturated rings. The van der Waals surface area contributed by atoms with Crippen LogP contribution >= 0.6 is 15.6 Å². The summed E-state index contributed by atoms with van der Waals surface area (Å²) < 4.78 is 21.2. The van der Waals surface area contributed by atoms with Gasteiger partial charge in [0.1, 0.15) is 0 Å². The van der Waals surface area contributed by atoms with Crippen molar-refractivity contribution in [1.29, 1.82) is 0 Å². The van der Waals surface area contributed by atoms with E-state index in [9.17, 15) is 28.7 Å². The molecule has 12 heavy (non-hydrogen) atoms. The predicted molar refractivity (Wildman–Crippen MR) is 22.1 cm³/mol. The molecule has 0 aromatic heterocycles. The van der Waals surface area contributed by atoms with Crippen molar-refractivity contribution in [3.8, 4) is 0 Å². The van der Waals surface area contributed by atoms with Crippen LogP contribution in [0.5, 0.6) is 0 Å². The van der Waals surface area contributed by atoms with Crippen molar-refractivity contribution in [3.63, 3.8) is 0 Å². The summed E-state index contributed by atoms with van der Waals surface area (Å²) in [5, 5.41) is 0. The Morgan fingerprint density at radius 3 is 1.08 bits per heavy atom. The first kappa shape index (κ1) is 24.0. The van der Waals surface area contributed by atoms with Crippen molar-refractivity contribution in [2.75, 3.05) is 0 Å². The van der Waals surface area contributed by atoms with Gasteiger partial charge in [-0.2, -0.15) is 0 Å². The Balaban J connectivity index is -0.000000107. The fraction of sp³-hybridized carbons (Fsp3) is 0. The standard InChI is InChI=1S/Fe.Mg.Na.H4O7P2/c;;;1-8(2,3)7-9(4,5)6/h;;;(H2,1,2,3)(H2,4,5,6)/q2*+2;+1;/p-4. The monoisotopic (exact) mass is 277 g/mol. The van der Waals surface area contributed by atoms with Gasteiger partial charge in [0.05, 0.1) is 15.6 Å². The van der Waals surface area contributed by atoms with Gasteiger partial charge in [-0.1, -0.05) is 0 Å². The number of hydrogen-bond acceptors (Lipinski definition) is 7. The summed E-state index contributed by atoms with van der Waals surface area (Å²) in [5.41, 5.74) is 0. The second-order valence-corrected chi connectivity index (χ2v) is 3.42. The third-order valence-electron chi connectivity index (χ3n) is 0.200. The largest absolute Gasteiger partial charge is 2.00 e. The zero-order chi connectivity index (χ0) is 7.71. The van der Waals surface area contributed by atoms with Gasteiger partial charge in [-0.25, -0.2) is 0 Å². The van der Waals surface area contributed by atoms with Gasteiger partial charge in [-0.05, 0) is 0 Å². The van der Waals surface area contributed by atoms with Crippen molar-refractivity contribution in [3.05, 3.63) is 0 Å². The molecule has 62 valence electrons. The first-order chi connectivity index (χ1) is 3.71.